The summed E-state index contributed by atoms with van der Waals surface area (Å²) >= 11 is 0. The summed E-state index contributed by atoms with van der Waals surface area (Å²) in [5.74, 6) is -0.924. The number of pyridine rings is 1. The molecule has 3 aromatic rings. The Kier molecular flexibility index (Phi) is 5.61. The van der Waals surface area contributed by atoms with Gasteiger partial charge in [-0.2, -0.15) is 0 Å². The molecule has 7 heteroatoms. The first-order valence-corrected chi connectivity index (χ1v) is 8.14. The third kappa shape index (κ3) is 5.01. The Labute approximate surface area is 155 Å². The summed E-state index contributed by atoms with van der Waals surface area (Å²) in [7, 11) is 1.58. The molecule has 5 nitrogen and oxygen atoms in total. The fourth-order valence-corrected chi connectivity index (χ4v) is 2.40. The van der Waals surface area contributed by atoms with Crippen molar-refractivity contribution in [3.05, 3.63) is 78.0 Å². The minimum atomic E-state index is -0.935. The van der Waals surface area contributed by atoms with Gasteiger partial charge >= 0.3 is 0 Å². The van der Waals surface area contributed by atoms with Gasteiger partial charge in [0.25, 0.3) is 0 Å². The van der Waals surface area contributed by atoms with Crippen molar-refractivity contribution >= 4 is 23.1 Å². The second-order valence-corrected chi connectivity index (χ2v) is 5.76. The third-order valence-corrected chi connectivity index (χ3v) is 3.76. The summed E-state index contributed by atoms with van der Waals surface area (Å²) in [5.41, 5.74) is 1.83. The highest BCUT2D eigenvalue weighted by molar-refractivity contribution is 5.91. The van der Waals surface area contributed by atoms with Crippen molar-refractivity contribution in [1.29, 1.82) is 0 Å². The van der Waals surface area contributed by atoms with Crippen LogP contribution in [0.5, 0.6) is 5.75 Å². The van der Waals surface area contributed by atoms with E-state index in [4.69, 9.17) is 4.74 Å². The van der Waals surface area contributed by atoms with Crippen molar-refractivity contribution in [1.82, 2.24) is 4.98 Å². The predicted molar refractivity (Wildman–Crippen MR) is 99.2 cm³/mol. The lowest BCUT2D eigenvalue weighted by atomic mass is 10.1. The van der Waals surface area contributed by atoms with E-state index >= 15 is 0 Å². The Morgan fingerprint density at radius 3 is 2.37 bits per heavy atom. The summed E-state index contributed by atoms with van der Waals surface area (Å²) in [5, 5.41) is 5.62. The van der Waals surface area contributed by atoms with Gasteiger partial charge in [0.05, 0.1) is 25.4 Å². The number of nitrogens with one attached hydrogen (secondary N) is 2. The second kappa shape index (κ2) is 8.27. The standard InChI is InChI=1S/C20H17F2N3O2/c1-27-16-6-2-13(3-7-16)10-20(26)25-19-9-5-15(12-23-19)24-14-4-8-17(21)18(22)11-14/h2-9,11-12,24H,10H2,1H3,(H,23,25,26). The smallest absolute Gasteiger partial charge is 0.229 e. The maximum Gasteiger partial charge on any atom is 0.229 e. The number of halogens is 2. The van der Waals surface area contributed by atoms with Crippen LogP contribution in [-0.2, 0) is 11.2 Å². The van der Waals surface area contributed by atoms with Crippen LogP contribution in [0.4, 0.5) is 26.0 Å². The molecule has 138 valence electrons. The molecule has 0 aliphatic rings. The number of hydrogen-bond acceptors (Lipinski definition) is 4. The number of rotatable bonds is 6. The van der Waals surface area contributed by atoms with Gasteiger partial charge in [0.1, 0.15) is 11.6 Å². The quantitative estimate of drug-likeness (QED) is 0.680. The third-order valence-electron chi connectivity index (χ3n) is 3.76. The number of amides is 1. The molecule has 1 aromatic heterocycles. The van der Waals surface area contributed by atoms with Crippen LogP contribution >= 0.6 is 0 Å². The number of nitrogens with zero attached hydrogens (tertiary/aromatic N) is 1. The molecular weight excluding hydrogens is 352 g/mol. The Morgan fingerprint density at radius 1 is 1.00 bits per heavy atom. The van der Waals surface area contributed by atoms with Gasteiger partial charge in [-0.25, -0.2) is 13.8 Å². The SMILES string of the molecule is COc1ccc(CC(=O)Nc2ccc(Nc3ccc(F)c(F)c3)cn2)cc1. The molecular formula is C20H17F2N3O2. The van der Waals surface area contributed by atoms with E-state index in [9.17, 15) is 13.6 Å². The number of ether oxygens (including phenoxy) is 1. The molecule has 0 saturated carbocycles. The van der Waals surface area contributed by atoms with E-state index in [0.717, 1.165) is 23.4 Å². The number of benzene rings is 2. The number of carbonyl (C=O) groups excluding carboxylic acids is 1. The van der Waals surface area contributed by atoms with Gasteiger partial charge in [0, 0.05) is 11.8 Å². The van der Waals surface area contributed by atoms with Crippen molar-refractivity contribution in [2.75, 3.05) is 17.7 Å². The minimum Gasteiger partial charge on any atom is -0.497 e. The predicted octanol–water partition coefficient (Wildman–Crippen LogP) is 4.29. The monoisotopic (exact) mass is 369 g/mol. The highest BCUT2D eigenvalue weighted by Gasteiger charge is 2.06. The van der Waals surface area contributed by atoms with Gasteiger partial charge in [-0.3, -0.25) is 4.79 Å². The molecule has 0 bridgehead atoms. The Bertz CT molecular complexity index is 929. The lowest BCUT2D eigenvalue weighted by molar-refractivity contribution is -0.115. The highest BCUT2D eigenvalue weighted by atomic mass is 19.2. The number of aromatic nitrogens is 1. The van der Waals surface area contributed by atoms with Crippen molar-refractivity contribution in [2.24, 2.45) is 0 Å². The van der Waals surface area contributed by atoms with Crippen molar-refractivity contribution in [3.63, 3.8) is 0 Å². The molecule has 1 heterocycles. The zero-order valence-electron chi connectivity index (χ0n) is 14.5. The van der Waals surface area contributed by atoms with E-state index < -0.39 is 11.6 Å². The molecule has 0 radical (unpaired) electrons. The molecule has 1 amide bonds. The van der Waals surface area contributed by atoms with Gasteiger partial charge in [-0.05, 0) is 42.0 Å². The van der Waals surface area contributed by atoms with E-state index in [-0.39, 0.29) is 12.3 Å². The van der Waals surface area contributed by atoms with Crippen LogP contribution in [0.25, 0.3) is 0 Å². The Hall–Kier alpha value is -3.48. The van der Waals surface area contributed by atoms with Crippen LogP contribution in [0.2, 0.25) is 0 Å². The van der Waals surface area contributed by atoms with E-state index in [0.29, 0.717) is 17.2 Å². The molecule has 0 spiro atoms. The largest absolute Gasteiger partial charge is 0.497 e. The van der Waals surface area contributed by atoms with Crippen LogP contribution in [-0.4, -0.2) is 18.0 Å². The van der Waals surface area contributed by atoms with Gasteiger partial charge in [-0.1, -0.05) is 12.1 Å². The number of hydrogen-bond donors (Lipinski definition) is 2. The molecule has 0 aliphatic carbocycles. The van der Waals surface area contributed by atoms with Crippen LogP contribution in [0, 0.1) is 11.6 Å². The molecule has 2 aromatic carbocycles. The molecule has 0 atom stereocenters. The van der Waals surface area contributed by atoms with Crippen LogP contribution in [0.1, 0.15) is 5.56 Å². The minimum absolute atomic E-state index is 0.200. The molecule has 0 saturated heterocycles. The first kappa shape index (κ1) is 18.3. The molecule has 27 heavy (non-hydrogen) atoms. The Morgan fingerprint density at radius 2 is 1.74 bits per heavy atom. The molecule has 2 N–H and O–H groups in total. The van der Waals surface area contributed by atoms with Crippen LogP contribution < -0.4 is 15.4 Å². The summed E-state index contributed by atoms with van der Waals surface area (Å²) in [6.07, 6.45) is 1.70. The zero-order chi connectivity index (χ0) is 19.2. The van der Waals surface area contributed by atoms with Gasteiger partial charge in [-0.15, -0.1) is 0 Å². The summed E-state index contributed by atoms with van der Waals surface area (Å²) in [6, 6.07) is 14.0. The van der Waals surface area contributed by atoms with Crippen molar-refractivity contribution in [3.8, 4) is 5.75 Å². The fourth-order valence-electron chi connectivity index (χ4n) is 2.40. The number of methoxy groups -OCH3 is 1. The molecule has 0 aliphatic heterocycles. The Balaban J connectivity index is 1.57. The average molecular weight is 369 g/mol. The first-order valence-electron chi connectivity index (χ1n) is 8.14. The fraction of sp³-hybridized carbons (Fsp3) is 0.100. The highest BCUT2D eigenvalue weighted by Crippen LogP contribution is 2.19. The summed E-state index contributed by atoms with van der Waals surface area (Å²) < 4.78 is 31.3. The van der Waals surface area contributed by atoms with Crippen LogP contribution in [0.15, 0.2) is 60.8 Å². The van der Waals surface area contributed by atoms with Gasteiger partial charge in [0.2, 0.25) is 5.91 Å². The normalized spacial score (nSPS) is 10.3. The zero-order valence-corrected chi connectivity index (χ0v) is 14.5. The molecule has 0 unspecified atom stereocenters. The van der Waals surface area contributed by atoms with E-state index in [2.05, 4.69) is 15.6 Å². The van der Waals surface area contributed by atoms with Crippen molar-refractivity contribution in [2.45, 2.75) is 6.42 Å². The summed E-state index contributed by atoms with van der Waals surface area (Å²) in [6.45, 7) is 0. The van der Waals surface area contributed by atoms with Gasteiger partial charge < -0.3 is 15.4 Å². The molecule has 3 rings (SSSR count). The lowest BCUT2D eigenvalue weighted by Gasteiger charge is -2.08. The van der Waals surface area contributed by atoms with Crippen molar-refractivity contribution < 1.29 is 18.3 Å². The lowest BCUT2D eigenvalue weighted by Crippen LogP contribution is -2.15. The van der Waals surface area contributed by atoms with Crippen LogP contribution in [0.3, 0.4) is 0 Å². The maximum atomic E-state index is 13.2. The maximum absolute atomic E-state index is 13.2. The average Bonchev–Trinajstić information content (AvgIpc) is 2.67. The number of anilines is 3. The van der Waals surface area contributed by atoms with Gasteiger partial charge in [0.15, 0.2) is 11.6 Å². The molecule has 0 fully saturated rings. The topological polar surface area (TPSA) is 63.2 Å². The summed E-state index contributed by atoms with van der Waals surface area (Å²) in [4.78, 5) is 16.2. The second-order valence-electron chi connectivity index (χ2n) is 5.76. The van der Waals surface area contributed by atoms with E-state index in [1.807, 2.05) is 12.1 Å². The first-order chi connectivity index (χ1) is 13.0. The van der Waals surface area contributed by atoms with E-state index in [1.165, 1.54) is 12.3 Å². The van der Waals surface area contributed by atoms with E-state index in [1.54, 1.807) is 31.4 Å². The number of carbonyl (C=O) groups is 1.